The standard InChI is InChI=1S/C13H12F3NO/c1-7(18)5-6-10-12(15)13(16)11-8(14)3-2-4-9(11)17-10/h2-4,7,18H,5-6H2,1H3. The molecule has 0 radical (unpaired) electrons. The number of benzene rings is 1. The molecule has 0 aliphatic carbocycles. The minimum Gasteiger partial charge on any atom is -0.393 e. The maximum atomic E-state index is 13.7. The van der Waals surface area contributed by atoms with E-state index in [-0.39, 0.29) is 24.1 Å². The third kappa shape index (κ3) is 2.31. The topological polar surface area (TPSA) is 33.1 Å². The van der Waals surface area contributed by atoms with Gasteiger partial charge >= 0.3 is 0 Å². The monoisotopic (exact) mass is 255 g/mol. The summed E-state index contributed by atoms with van der Waals surface area (Å²) in [5.74, 6) is -3.20. The number of aryl methyl sites for hydroxylation is 1. The second kappa shape index (κ2) is 4.94. The van der Waals surface area contributed by atoms with Gasteiger partial charge in [-0.3, -0.25) is 0 Å². The van der Waals surface area contributed by atoms with Crippen LogP contribution in [0.4, 0.5) is 13.2 Å². The molecule has 1 aromatic carbocycles. The molecule has 5 heteroatoms. The normalized spacial score (nSPS) is 12.9. The molecule has 1 N–H and O–H groups in total. The van der Waals surface area contributed by atoms with Gasteiger partial charge in [0.1, 0.15) is 5.82 Å². The molecule has 0 amide bonds. The van der Waals surface area contributed by atoms with Crippen LogP contribution in [0.25, 0.3) is 10.9 Å². The lowest BCUT2D eigenvalue weighted by atomic mass is 10.1. The Labute approximate surface area is 102 Å². The molecule has 2 aromatic rings. The number of rotatable bonds is 3. The number of hydrogen-bond donors (Lipinski definition) is 1. The van der Waals surface area contributed by atoms with Crippen molar-refractivity contribution < 1.29 is 18.3 Å². The summed E-state index contributed by atoms with van der Waals surface area (Å²) in [6.45, 7) is 1.55. The largest absolute Gasteiger partial charge is 0.393 e. The Balaban J connectivity index is 2.54. The van der Waals surface area contributed by atoms with E-state index in [2.05, 4.69) is 4.98 Å². The van der Waals surface area contributed by atoms with Crippen LogP contribution < -0.4 is 0 Å². The Kier molecular flexibility index (Phi) is 3.52. The van der Waals surface area contributed by atoms with Crippen LogP contribution in [0.2, 0.25) is 0 Å². The molecule has 1 atom stereocenters. The summed E-state index contributed by atoms with van der Waals surface area (Å²) in [5, 5.41) is 8.69. The fourth-order valence-electron chi connectivity index (χ4n) is 1.77. The molecule has 2 rings (SSSR count). The molecule has 0 aliphatic rings. The van der Waals surface area contributed by atoms with E-state index in [9.17, 15) is 13.2 Å². The number of hydrogen-bond acceptors (Lipinski definition) is 2. The Morgan fingerprint density at radius 2 is 1.94 bits per heavy atom. The lowest BCUT2D eigenvalue weighted by Gasteiger charge is -2.08. The molecule has 18 heavy (non-hydrogen) atoms. The summed E-state index contributed by atoms with van der Waals surface area (Å²) in [7, 11) is 0. The Hall–Kier alpha value is -1.62. The quantitative estimate of drug-likeness (QED) is 0.914. The van der Waals surface area contributed by atoms with Crippen molar-refractivity contribution in [3.8, 4) is 0 Å². The highest BCUT2D eigenvalue weighted by Gasteiger charge is 2.17. The van der Waals surface area contributed by atoms with Crippen LogP contribution in [0.5, 0.6) is 0 Å². The Morgan fingerprint density at radius 1 is 1.22 bits per heavy atom. The lowest BCUT2D eigenvalue weighted by molar-refractivity contribution is 0.184. The molecule has 0 fully saturated rings. The SMILES string of the molecule is CC(O)CCc1nc2cccc(F)c2c(F)c1F. The van der Waals surface area contributed by atoms with E-state index >= 15 is 0 Å². The average Bonchev–Trinajstić information content (AvgIpc) is 2.31. The van der Waals surface area contributed by atoms with Gasteiger partial charge in [-0.25, -0.2) is 18.2 Å². The highest BCUT2D eigenvalue weighted by Crippen LogP contribution is 2.24. The molecule has 96 valence electrons. The van der Waals surface area contributed by atoms with Crippen LogP contribution in [-0.4, -0.2) is 16.2 Å². The van der Waals surface area contributed by atoms with Gasteiger partial charge in [0.05, 0.1) is 22.7 Å². The molecule has 0 spiro atoms. The summed E-state index contributed by atoms with van der Waals surface area (Å²) in [4.78, 5) is 3.90. The summed E-state index contributed by atoms with van der Waals surface area (Å²) in [6, 6.07) is 3.87. The summed E-state index contributed by atoms with van der Waals surface area (Å²) >= 11 is 0. The molecular formula is C13H12F3NO. The average molecular weight is 255 g/mol. The third-order valence-corrected chi connectivity index (χ3v) is 2.71. The molecular weight excluding hydrogens is 243 g/mol. The van der Waals surface area contributed by atoms with Gasteiger partial charge in [0.25, 0.3) is 0 Å². The van der Waals surface area contributed by atoms with Crippen molar-refractivity contribution in [3.05, 3.63) is 41.3 Å². The van der Waals surface area contributed by atoms with Crippen molar-refractivity contribution in [2.75, 3.05) is 0 Å². The van der Waals surface area contributed by atoms with Gasteiger partial charge in [-0.05, 0) is 31.9 Å². The minimum atomic E-state index is -1.22. The predicted molar refractivity (Wildman–Crippen MR) is 61.6 cm³/mol. The lowest BCUT2D eigenvalue weighted by Crippen LogP contribution is -2.06. The van der Waals surface area contributed by atoms with Crippen molar-refractivity contribution in [3.63, 3.8) is 0 Å². The van der Waals surface area contributed by atoms with Gasteiger partial charge in [-0.1, -0.05) is 6.07 Å². The number of fused-ring (bicyclic) bond motifs is 1. The van der Waals surface area contributed by atoms with E-state index < -0.39 is 28.9 Å². The van der Waals surface area contributed by atoms with E-state index in [0.717, 1.165) is 6.07 Å². The van der Waals surface area contributed by atoms with Crippen LogP contribution in [-0.2, 0) is 6.42 Å². The smallest absolute Gasteiger partial charge is 0.181 e. The molecule has 1 heterocycles. The number of aliphatic hydroxyl groups is 1. The number of nitrogens with zero attached hydrogens (tertiary/aromatic N) is 1. The minimum absolute atomic E-state index is 0.0782. The van der Waals surface area contributed by atoms with Crippen LogP contribution in [0.15, 0.2) is 18.2 Å². The summed E-state index contributed by atoms with van der Waals surface area (Å²) in [6.07, 6.45) is -0.255. The first kappa shape index (κ1) is 12.8. The maximum absolute atomic E-state index is 13.7. The fraction of sp³-hybridized carbons (Fsp3) is 0.308. The molecule has 0 aliphatic heterocycles. The molecule has 1 unspecified atom stereocenters. The zero-order valence-electron chi connectivity index (χ0n) is 9.75. The first-order valence-corrected chi connectivity index (χ1v) is 5.61. The molecule has 2 nitrogen and oxygen atoms in total. The third-order valence-electron chi connectivity index (χ3n) is 2.71. The zero-order valence-corrected chi connectivity index (χ0v) is 9.75. The molecule has 0 bridgehead atoms. The number of aliphatic hydroxyl groups excluding tert-OH is 1. The predicted octanol–water partition coefficient (Wildman–Crippen LogP) is 2.97. The number of aromatic nitrogens is 1. The number of halogens is 3. The highest BCUT2D eigenvalue weighted by atomic mass is 19.2. The first-order chi connectivity index (χ1) is 8.50. The maximum Gasteiger partial charge on any atom is 0.181 e. The van der Waals surface area contributed by atoms with Gasteiger partial charge in [0.2, 0.25) is 0 Å². The first-order valence-electron chi connectivity index (χ1n) is 5.61. The summed E-state index contributed by atoms with van der Waals surface area (Å²) < 4.78 is 40.8. The van der Waals surface area contributed by atoms with Crippen molar-refractivity contribution in [1.29, 1.82) is 0 Å². The number of pyridine rings is 1. The van der Waals surface area contributed by atoms with E-state index in [0.29, 0.717) is 0 Å². The highest BCUT2D eigenvalue weighted by molar-refractivity contribution is 5.80. The van der Waals surface area contributed by atoms with Crippen LogP contribution in [0.3, 0.4) is 0 Å². The zero-order chi connectivity index (χ0) is 13.3. The van der Waals surface area contributed by atoms with Gasteiger partial charge in [-0.15, -0.1) is 0 Å². The second-order valence-corrected chi connectivity index (χ2v) is 4.21. The Morgan fingerprint density at radius 3 is 2.61 bits per heavy atom. The fourth-order valence-corrected chi connectivity index (χ4v) is 1.77. The van der Waals surface area contributed by atoms with Gasteiger partial charge in [-0.2, -0.15) is 0 Å². The molecule has 0 saturated carbocycles. The Bertz CT molecular complexity index is 584. The van der Waals surface area contributed by atoms with E-state index in [1.165, 1.54) is 12.1 Å². The molecule has 1 aromatic heterocycles. The van der Waals surface area contributed by atoms with Gasteiger partial charge in [0, 0.05) is 0 Å². The van der Waals surface area contributed by atoms with E-state index in [4.69, 9.17) is 5.11 Å². The van der Waals surface area contributed by atoms with Crippen LogP contribution in [0.1, 0.15) is 19.0 Å². The van der Waals surface area contributed by atoms with E-state index in [1.54, 1.807) is 6.92 Å². The van der Waals surface area contributed by atoms with Gasteiger partial charge in [0.15, 0.2) is 11.6 Å². The van der Waals surface area contributed by atoms with E-state index in [1.807, 2.05) is 0 Å². The second-order valence-electron chi connectivity index (χ2n) is 4.21. The van der Waals surface area contributed by atoms with Crippen molar-refractivity contribution >= 4 is 10.9 Å². The van der Waals surface area contributed by atoms with Crippen molar-refractivity contribution in [1.82, 2.24) is 4.98 Å². The van der Waals surface area contributed by atoms with Crippen molar-refractivity contribution in [2.45, 2.75) is 25.9 Å². The summed E-state index contributed by atoms with van der Waals surface area (Å²) in [5.41, 5.74) is -0.0130. The van der Waals surface area contributed by atoms with Crippen molar-refractivity contribution in [2.24, 2.45) is 0 Å². The van der Waals surface area contributed by atoms with Crippen LogP contribution >= 0.6 is 0 Å². The van der Waals surface area contributed by atoms with Crippen LogP contribution in [0, 0.1) is 17.5 Å². The molecule has 0 saturated heterocycles. The van der Waals surface area contributed by atoms with Gasteiger partial charge < -0.3 is 5.11 Å².